The zero-order valence-electron chi connectivity index (χ0n) is 8.48. The van der Waals surface area contributed by atoms with Gasteiger partial charge in [-0.2, -0.15) is 5.10 Å². The highest BCUT2D eigenvalue weighted by Gasteiger charge is 2.10. The highest BCUT2D eigenvalue weighted by Crippen LogP contribution is 2.16. The van der Waals surface area contributed by atoms with Crippen molar-refractivity contribution in [2.24, 2.45) is 0 Å². The van der Waals surface area contributed by atoms with Crippen LogP contribution in [0.2, 0.25) is 0 Å². The third-order valence-corrected chi connectivity index (χ3v) is 2.13. The standard InChI is InChI=1S/C10H7N3O4/c14-10(15)7-5-11-12(6-7)8-2-1-3-9(4-8)13(16)17/h1-6H,(H,14,15). The van der Waals surface area contributed by atoms with E-state index in [1.807, 2.05) is 0 Å². The van der Waals surface area contributed by atoms with Crippen LogP contribution in [0.3, 0.4) is 0 Å². The predicted molar refractivity (Wildman–Crippen MR) is 57.2 cm³/mol. The average Bonchev–Trinajstić information content (AvgIpc) is 2.78. The van der Waals surface area contributed by atoms with Gasteiger partial charge in [-0.05, 0) is 6.07 Å². The summed E-state index contributed by atoms with van der Waals surface area (Å²) in [6.07, 6.45) is 2.47. The van der Waals surface area contributed by atoms with Crippen molar-refractivity contribution in [2.75, 3.05) is 0 Å². The minimum atomic E-state index is -1.10. The molecule has 7 nitrogen and oxygen atoms in total. The summed E-state index contributed by atoms with van der Waals surface area (Å²) >= 11 is 0. The molecule has 0 aliphatic carbocycles. The molecule has 0 aliphatic rings. The average molecular weight is 233 g/mol. The number of nitrogens with zero attached hydrogens (tertiary/aromatic N) is 3. The van der Waals surface area contributed by atoms with Crippen molar-refractivity contribution in [3.8, 4) is 5.69 Å². The molecule has 0 fully saturated rings. The lowest BCUT2D eigenvalue weighted by atomic mass is 10.3. The van der Waals surface area contributed by atoms with Gasteiger partial charge in [0.15, 0.2) is 0 Å². The summed E-state index contributed by atoms with van der Waals surface area (Å²) in [4.78, 5) is 20.7. The van der Waals surface area contributed by atoms with Crippen molar-refractivity contribution < 1.29 is 14.8 Å². The molecule has 2 rings (SSSR count). The van der Waals surface area contributed by atoms with Crippen LogP contribution < -0.4 is 0 Å². The maximum atomic E-state index is 10.7. The SMILES string of the molecule is O=C(O)c1cnn(-c2cccc([N+](=O)[O-])c2)c1. The molecule has 0 spiro atoms. The Balaban J connectivity index is 2.42. The molecular formula is C10H7N3O4. The lowest BCUT2D eigenvalue weighted by Crippen LogP contribution is -1.97. The highest BCUT2D eigenvalue weighted by molar-refractivity contribution is 5.86. The molecule has 1 aromatic heterocycles. The first kappa shape index (κ1) is 10.8. The second kappa shape index (κ2) is 4.05. The van der Waals surface area contributed by atoms with E-state index >= 15 is 0 Å². The summed E-state index contributed by atoms with van der Waals surface area (Å²) in [5, 5.41) is 23.1. The highest BCUT2D eigenvalue weighted by atomic mass is 16.6. The van der Waals surface area contributed by atoms with E-state index in [4.69, 9.17) is 5.11 Å². The van der Waals surface area contributed by atoms with E-state index in [0.29, 0.717) is 5.69 Å². The molecule has 0 saturated carbocycles. The topological polar surface area (TPSA) is 98.3 Å². The van der Waals surface area contributed by atoms with Crippen LogP contribution in [-0.4, -0.2) is 25.8 Å². The largest absolute Gasteiger partial charge is 0.478 e. The fraction of sp³-hybridized carbons (Fsp3) is 0. The molecule has 7 heteroatoms. The molecule has 86 valence electrons. The zero-order valence-corrected chi connectivity index (χ0v) is 8.48. The maximum Gasteiger partial charge on any atom is 0.338 e. The minimum absolute atomic E-state index is 0.0245. The molecule has 2 aromatic rings. The number of aromatic carboxylic acids is 1. The van der Waals surface area contributed by atoms with Gasteiger partial charge in [-0.1, -0.05) is 6.07 Å². The Morgan fingerprint density at radius 3 is 2.82 bits per heavy atom. The third-order valence-electron chi connectivity index (χ3n) is 2.13. The van der Waals surface area contributed by atoms with E-state index in [9.17, 15) is 14.9 Å². The smallest absolute Gasteiger partial charge is 0.338 e. The zero-order chi connectivity index (χ0) is 12.4. The van der Waals surface area contributed by atoms with Gasteiger partial charge in [0, 0.05) is 18.3 Å². The van der Waals surface area contributed by atoms with Crippen molar-refractivity contribution in [3.05, 3.63) is 52.3 Å². The van der Waals surface area contributed by atoms with Crippen molar-refractivity contribution in [1.82, 2.24) is 9.78 Å². The molecule has 1 aromatic carbocycles. The van der Waals surface area contributed by atoms with Gasteiger partial charge >= 0.3 is 5.97 Å². The first-order valence-electron chi connectivity index (χ1n) is 4.61. The molecule has 0 bridgehead atoms. The number of carbonyl (C=O) groups is 1. The third kappa shape index (κ3) is 2.12. The summed E-state index contributed by atoms with van der Waals surface area (Å²) < 4.78 is 1.27. The molecule has 0 saturated heterocycles. The number of rotatable bonds is 3. The maximum absolute atomic E-state index is 10.7. The molecular weight excluding hydrogens is 226 g/mol. The number of nitro groups is 1. The van der Waals surface area contributed by atoms with Gasteiger partial charge in [0.1, 0.15) is 0 Å². The number of nitro benzene ring substituents is 1. The number of carboxylic acid groups (broad SMARTS) is 1. The Hall–Kier alpha value is -2.70. The number of aromatic nitrogens is 2. The summed E-state index contributed by atoms with van der Waals surface area (Å²) in [5.41, 5.74) is 0.387. The minimum Gasteiger partial charge on any atom is -0.478 e. The second-order valence-corrected chi connectivity index (χ2v) is 3.26. The molecule has 0 atom stereocenters. The summed E-state index contributed by atoms with van der Waals surface area (Å²) in [7, 11) is 0. The van der Waals surface area contributed by atoms with Crippen LogP contribution in [0, 0.1) is 10.1 Å². The van der Waals surface area contributed by atoms with Crippen LogP contribution in [0.5, 0.6) is 0 Å². The van der Waals surface area contributed by atoms with Crippen LogP contribution in [0.15, 0.2) is 36.7 Å². The molecule has 0 radical (unpaired) electrons. The van der Waals surface area contributed by atoms with Crippen LogP contribution in [0.4, 0.5) is 5.69 Å². The van der Waals surface area contributed by atoms with Crippen LogP contribution >= 0.6 is 0 Å². The summed E-state index contributed by atoms with van der Waals surface area (Å²) in [6.45, 7) is 0. The fourth-order valence-electron chi connectivity index (χ4n) is 1.32. The van der Waals surface area contributed by atoms with E-state index in [0.717, 1.165) is 0 Å². The first-order chi connectivity index (χ1) is 8.08. The fourth-order valence-corrected chi connectivity index (χ4v) is 1.32. The molecule has 0 amide bonds. The Labute approximate surface area is 95.1 Å². The summed E-state index contributed by atoms with van der Waals surface area (Å²) in [6, 6.07) is 5.78. The van der Waals surface area contributed by atoms with Gasteiger partial charge in [0.05, 0.1) is 22.4 Å². The summed E-state index contributed by atoms with van der Waals surface area (Å²) in [5.74, 6) is -1.10. The monoisotopic (exact) mass is 233 g/mol. The van der Waals surface area contributed by atoms with E-state index in [2.05, 4.69) is 5.10 Å². The number of carboxylic acids is 1. The number of hydrogen-bond donors (Lipinski definition) is 1. The van der Waals surface area contributed by atoms with Crippen LogP contribution in [0.1, 0.15) is 10.4 Å². The Kier molecular flexibility index (Phi) is 2.57. The van der Waals surface area contributed by atoms with Gasteiger partial charge in [-0.25, -0.2) is 9.48 Å². The molecule has 0 unspecified atom stereocenters. The van der Waals surface area contributed by atoms with Gasteiger partial charge in [0.25, 0.3) is 5.69 Å². The Morgan fingerprint density at radius 2 is 2.24 bits per heavy atom. The van der Waals surface area contributed by atoms with Crippen molar-refractivity contribution in [2.45, 2.75) is 0 Å². The van der Waals surface area contributed by atoms with Gasteiger partial charge in [-0.3, -0.25) is 10.1 Å². The van der Waals surface area contributed by atoms with Gasteiger partial charge in [0.2, 0.25) is 0 Å². The molecule has 0 aliphatic heterocycles. The molecule has 17 heavy (non-hydrogen) atoms. The Bertz CT molecular complexity index is 591. The number of non-ortho nitro benzene ring substituents is 1. The van der Waals surface area contributed by atoms with Crippen molar-refractivity contribution in [1.29, 1.82) is 0 Å². The van der Waals surface area contributed by atoms with Crippen LogP contribution in [0.25, 0.3) is 5.69 Å². The first-order valence-corrected chi connectivity index (χ1v) is 4.61. The molecule has 1 N–H and O–H groups in total. The van der Waals surface area contributed by atoms with Crippen molar-refractivity contribution in [3.63, 3.8) is 0 Å². The van der Waals surface area contributed by atoms with Crippen molar-refractivity contribution >= 4 is 11.7 Å². The predicted octanol–water partition coefficient (Wildman–Crippen LogP) is 1.48. The van der Waals surface area contributed by atoms with Gasteiger partial charge in [-0.15, -0.1) is 0 Å². The van der Waals surface area contributed by atoms with E-state index in [1.165, 1.54) is 35.3 Å². The quantitative estimate of drug-likeness (QED) is 0.639. The molecule has 1 heterocycles. The van der Waals surface area contributed by atoms with Gasteiger partial charge < -0.3 is 5.11 Å². The van der Waals surface area contributed by atoms with Crippen LogP contribution in [-0.2, 0) is 0 Å². The normalized spacial score (nSPS) is 10.1. The van der Waals surface area contributed by atoms with E-state index < -0.39 is 10.9 Å². The second-order valence-electron chi connectivity index (χ2n) is 3.26. The Morgan fingerprint density at radius 1 is 1.47 bits per heavy atom. The van der Waals surface area contributed by atoms with E-state index in [-0.39, 0.29) is 11.3 Å². The lowest BCUT2D eigenvalue weighted by molar-refractivity contribution is -0.384. The number of hydrogen-bond acceptors (Lipinski definition) is 4. The van der Waals surface area contributed by atoms with E-state index in [1.54, 1.807) is 6.07 Å². The number of benzene rings is 1. The lowest BCUT2D eigenvalue weighted by Gasteiger charge is -1.99.